The third-order valence-corrected chi connectivity index (χ3v) is 3.34. The molecule has 3 N–H and O–H groups in total. The molecule has 1 saturated carbocycles. The third kappa shape index (κ3) is 2.15. The number of nitrogens with one attached hydrogen (secondary N) is 1. The van der Waals surface area contributed by atoms with Gasteiger partial charge in [-0.2, -0.15) is 0 Å². The van der Waals surface area contributed by atoms with Gasteiger partial charge in [0.05, 0.1) is 0 Å². The highest BCUT2D eigenvalue weighted by Gasteiger charge is 2.30. The van der Waals surface area contributed by atoms with E-state index < -0.39 is 0 Å². The van der Waals surface area contributed by atoms with Gasteiger partial charge in [-0.05, 0) is 37.8 Å². The monoisotopic (exact) mass is 218 g/mol. The fraction of sp³-hybridized carbons (Fsp3) is 0.500. The first-order valence-corrected chi connectivity index (χ1v) is 5.63. The summed E-state index contributed by atoms with van der Waals surface area (Å²) in [6.45, 7) is 2.23. The van der Waals surface area contributed by atoms with Gasteiger partial charge >= 0.3 is 0 Å². The lowest BCUT2D eigenvalue weighted by molar-refractivity contribution is 0.604. The van der Waals surface area contributed by atoms with Gasteiger partial charge in [-0.25, -0.2) is 4.98 Å². The van der Waals surface area contributed by atoms with Crippen molar-refractivity contribution < 1.29 is 0 Å². The summed E-state index contributed by atoms with van der Waals surface area (Å²) in [7, 11) is 2.07. The lowest BCUT2D eigenvalue weighted by atomic mass is 10.2. The SMILES string of the molecule is CC(C1CC1)N(C)c1ccc(C(=N)N)cn1. The summed E-state index contributed by atoms with van der Waals surface area (Å²) in [5.41, 5.74) is 6.06. The number of rotatable bonds is 4. The maximum Gasteiger partial charge on any atom is 0.128 e. The Balaban J connectivity index is 2.11. The fourth-order valence-electron chi connectivity index (χ4n) is 1.86. The molecule has 1 aliphatic carbocycles. The Morgan fingerprint density at radius 1 is 1.56 bits per heavy atom. The van der Waals surface area contributed by atoms with Gasteiger partial charge in [0.15, 0.2) is 0 Å². The first-order chi connectivity index (χ1) is 7.59. The van der Waals surface area contributed by atoms with Crippen molar-refractivity contribution in [1.29, 1.82) is 5.41 Å². The predicted molar refractivity (Wildman–Crippen MR) is 65.8 cm³/mol. The zero-order valence-electron chi connectivity index (χ0n) is 9.77. The van der Waals surface area contributed by atoms with Crippen LogP contribution in [0.1, 0.15) is 25.3 Å². The van der Waals surface area contributed by atoms with E-state index >= 15 is 0 Å². The van der Waals surface area contributed by atoms with Crippen LogP contribution in [-0.4, -0.2) is 23.9 Å². The number of nitrogens with zero attached hydrogens (tertiary/aromatic N) is 2. The van der Waals surface area contributed by atoms with Crippen molar-refractivity contribution in [3.05, 3.63) is 23.9 Å². The minimum atomic E-state index is 0.0666. The normalized spacial score (nSPS) is 16.9. The smallest absolute Gasteiger partial charge is 0.128 e. The molecule has 1 aromatic heterocycles. The Bertz CT molecular complexity index is 381. The summed E-state index contributed by atoms with van der Waals surface area (Å²) in [6, 6.07) is 4.31. The minimum Gasteiger partial charge on any atom is -0.384 e. The van der Waals surface area contributed by atoms with E-state index in [9.17, 15) is 0 Å². The number of pyridine rings is 1. The molecular formula is C12H18N4. The van der Waals surface area contributed by atoms with Gasteiger partial charge in [0.25, 0.3) is 0 Å². The summed E-state index contributed by atoms with van der Waals surface area (Å²) in [5, 5.41) is 7.30. The first kappa shape index (κ1) is 10.9. The number of hydrogen-bond acceptors (Lipinski definition) is 3. The van der Waals surface area contributed by atoms with Crippen LogP contribution in [0.15, 0.2) is 18.3 Å². The van der Waals surface area contributed by atoms with Gasteiger partial charge in [0.1, 0.15) is 11.7 Å². The summed E-state index contributed by atoms with van der Waals surface area (Å²) in [6.07, 6.45) is 4.32. The van der Waals surface area contributed by atoms with Crippen LogP contribution in [0, 0.1) is 11.3 Å². The van der Waals surface area contributed by atoms with Crippen LogP contribution in [-0.2, 0) is 0 Å². The Kier molecular flexibility index (Phi) is 2.81. The second-order valence-electron chi connectivity index (χ2n) is 4.51. The van der Waals surface area contributed by atoms with E-state index in [0.717, 1.165) is 11.7 Å². The molecule has 1 fully saturated rings. The summed E-state index contributed by atoms with van der Waals surface area (Å²) in [5.74, 6) is 1.83. The van der Waals surface area contributed by atoms with Crippen molar-refractivity contribution in [3.63, 3.8) is 0 Å². The molecule has 1 unspecified atom stereocenters. The van der Waals surface area contributed by atoms with Crippen molar-refractivity contribution in [2.24, 2.45) is 11.7 Å². The molecule has 0 saturated heterocycles. The molecule has 0 bridgehead atoms. The highest BCUT2D eigenvalue weighted by molar-refractivity contribution is 5.94. The molecule has 0 aliphatic heterocycles. The first-order valence-electron chi connectivity index (χ1n) is 5.63. The number of anilines is 1. The Morgan fingerprint density at radius 2 is 2.25 bits per heavy atom. The molecule has 0 amide bonds. The Hall–Kier alpha value is -1.58. The zero-order valence-corrected chi connectivity index (χ0v) is 9.77. The molecule has 4 nitrogen and oxygen atoms in total. The van der Waals surface area contributed by atoms with Crippen LogP contribution >= 0.6 is 0 Å². The standard InChI is InChI=1S/C12H18N4/c1-8(9-3-4-9)16(2)11-6-5-10(7-15-11)12(13)14/h5-9H,3-4H2,1-2H3,(H3,13,14). The van der Waals surface area contributed by atoms with E-state index in [-0.39, 0.29) is 5.84 Å². The minimum absolute atomic E-state index is 0.0666. The predicted octanol–water partition coefficient (Wildman–Crippen LogP) is 1.60. The van der Waals surface area contributed by atoms with Crippen LogP contribution in [0.5, 0.6) is 0 Å². The zero-order chi connectivity index (χ0) is 11.7. The molecule has 86 valence electrons. The van der Waals surface area contributed by atoms with E-state index in [1.54, 1.807) is 6.20 Å². The van der Waals surface area contributed by atoms with Crippen LogP contribution in [0.25, 0.3) is 0 Å². The van der Waals surface area contributed by atoms with E-state index in [2.05, 4.69) is 23.9 Å². The number of hydrogen-bond donors (Lipinski definition) is 2. The molecule has 2 rings (SSSR count). The number of aromatic nitrogens is 1. The van der Waals surface area contributed by atoms with E-state index in [0.29, 0.717) is 11.6 Å². The van der Waals surface area contributed by atoms with Gasteiger partial charge < -0.3 is 10.6 Å². The number of amidine groups is 1. The Labute approximate surface area is 96.0 Å². The second kappa shape index (κ2) is 4.12. The molecule has 16 heavy (non-hydrogen) atoms. The maximum atomic E-state index is 7.30. The molecule has 4 heteroatoms. The highest BCUT2D eigenvalue weighted by atomic mass is 15.2. The van der Waals surface area contributed by atoms with Gasteiger partial charge in [0, 0.05) is 24.8 Å². The van der Waals surface area contributed by atoms with Gasteiger partial charge in [0.2, 0.25) is 0 Å². The summed E-state index contributed by atoms with van der Waals surface area (Å²) in [4.78, 5) is 6.53. The largest absolute Gasteiger partial charge is 0.384 e. The molecule has 1 aromatic rings. The Morgan fingerprint density at radius 3 is 2.69 bits per heavy atom. The van der Waals surface area contributed by atoms with Crippen molar-refractivity contribution >= 4 is 11.7 Å². The van der Waals surface area contributed by atoms with E-state index in [1.807, 2.05) is 12.1 Å². The van der Waals surface area contributed by atoms with Crippen molar-refractivity contribution in [2.75, 3.05) is 11.9 Å². The number of nitrogens with two attached hydrogens (primary N) is 1. The lowest BCUT2D eigenvalue weighted by Crippen LogP contribution is -2.31. The third-order valence-electron chi connectivity index (χ3n) is 3.34. The molecule has 0 radical (unpaired) electrons. The number of nitrogen functional groups attached to an aromatic ring is 1. The maximum absolute atomic E-state index is 7.30. The second-order valence-corrected chi connectivity index (χ2v) is 4.51. The molecule has 0 spiro atoms. The molecule has 1 aliphatic rings. The van der Waals surface area contributed by atoms with Crippen LogP contribution in [0.4, 0.5) is 5.82 Å². The highest BCUT2D eigenvalue weighted by Crippen LogP contribution is 2.35. The van der Waals surface area contributed by atoms with Crippen molar-refractivity contribution in [3.8, 4) is 0 Å². The van der Waals surface area contributed by atoms with Crippen LogP contribution in [0.3, 0.4) is 0 Å². The van der Waals surface area contributed by atoms with Crippen molar-refractivity contribution in [1.82, 2.24) is 4.98 Å². The molecule has 0 aromatic carbocycles. The fourth-order valence-corrected chi connectivity index (χ4v) is 1.86. The quantitative estimate of drug-likeness (QED) is 0.596. The van der Waals surface area contributed by atoms with Crippen LogP contribution < -0.4 is 10.6 Å². The van der Waals surface area contributed by atoms with Crippen LogP contribution in [0.2, 0.25) is 0 Å². The van der Waals surface area contributed by atoms with Gasteiger partial charge in [-0.15, -0.1) is 0 Å². The summed E-state index contributed by atoms with van der Waals surface area (Å²) >= 11 is 0. The average Bonchev–Trinajstić information content (AvgIpc) is 3.11. The molecule has 1 atom stereocenters. The van der Waals surface area contributed by atoms with Gasteiger partial charge in [-0.1, -0.05) is 0 Å². The molecule has 1 heterocycles. The van der Waals surface area contributed by atoms with E-state index in [1.165, 1.54) is 12.8 Å². The summed E-state index contributed by atoms with van der Waals surface area (Å²) < 4.78 is 0. The molecular weight excluding hydrogens is 200 g/mol. The average molecular weight is 218 g/mol. The van der Waals surface area contributed by atoms with E-state index in [4.69, 9.17) is 11.1 Å². The topological polar surface area (TPSA) is 66.0 Å². The van der Waals surface area contributed by atoms with Crippen molar-refractivity contribution in [2.45, 2.75) is 25.8 Å². The lowest BCUT2D eigenvalue weighted by Gasteiger charge is -2.25. The van der Waals surface area contributed by atoms with Gasteiger partial charge in [-0.3, -0.25) is 5.41 Å².